The lowest BCUT2D eigenvalue weighted by Crippen LogP contribution is -2.41. The van der Waals surface area contributed by atoms with Crippen LogP contribution in [0.25, 0.3) is 0 Å². The molecule has 4 nitrogen and oxygen atoms in total. The van der Waals surface area contributed by atoms with E-state index < -0.39 is 29.1 Å². The van der Waals surface area contributed by atoms with Gasteiger partial charge in [0.05, 0.1) is 6.04 Å². The molecule has 0 heterocycles. The van der Waals surface area contributed by atoms with Gasteiger partial charge in [0.1, 0.15) is 17.2 Å². The maximum atomic E-state index is 13.6. The number of carbonyl (C=O) groups excluding carboxylic acids is 2. The molecule has 0 saturated carbocycles. The second-order valence-corrected chi connectivity index (χ2v) is 6.09. The van der Waals surface area contributed by atoms with Crippen LogP contribution in [0.3, 0.4) is 0 Å². The molecule has 0 radical (unpaired) electrons. The van der Waals surface area contributed by atoms with E-state index in [0.717, 1.165) is 43.0 Å². The summed E-state index contributed by atoms with van der Waals surface area (Å²) < 4.78 is 27.1. The molecule has 0 spiro atoms. The van der Waals surface area contributed by atoms with Crippen molar-refractivity contribution in [3.05, 3.63) is 70.8 Å². The van der Waals surface area contributed by atoms with Gasteiger partial charge < -0.3 is 5.32 Å². The number of halogens is 2. The van der Waals surface area contributed by atoms with Crippen molar-refractivity contribution in [1.29, 1.82) is 0 Å². The largest absolute Gasteiger partial charge is 0.331 e. The lowest BCUT2D eigenvalue weighted by Gasteiger charge is -2.15. The number of nitrogens with one attached hydrogen (secondary N) is 2. The number of hydrogen-bond donors (Lipinski definition) is 2. The summed E-state index contributed by atoms with van der Waals surface area (Å²) in [7, 11) is 0. The number of benzene rings is 2. The summed E-state index contributed by atoms with van der Waals surface area (Å²) in [5.74, 6) is -3.17. The molecular formula is C20H22F2N2O2. The molecule has 1 unspecified atom stereocenters. The van der Waals surface area contributed by atoms with Gasteiger partial charge >= 0.3 is 6.03 Å². The first-order chi connectivity index (χ1) is 12.4. The van der Waals surface area contributed by atoms with E-state index in [-0.39, 0.29) is 6.04 Å². The Balaban J connectivity index is 1.95. The average Bonchev–Trinajstić information content (AvgIpc) is 2.60. The molecule has 0 fully saturated rings. The van der Waals surface area contributed by atoms with Gasteiger partial charge in [0.2, 0.25) is 0 Å². The normalized spacial score (nSPS) is 11.7. The second kappa shape index (κ2) is 9.08. The maximum Gasteiger partial charge on any atom is 0.322 e. The molecule has 138 valence electrons. The Bertz CT molecular complexity index is 756. The number of imide groups is 1. The van der Waals surface area contributed by atoms with Gasteiger partial charge in [0, 0.05) is 0 Å². The predicted octanol–water partition coefficient (Wildman–Crippen LogP) is 4.51. The van der Waals surface area contributed by atoms with Crippen LogP contribution >= 0.6 is 0 Å². The Morgan fingerprint density at radius 3 is 2.23 bits per heavy atom. The van der Waals surface area contributed by atoms with E-state index in [1.807, 2.05) is 29.6 Å². The second-order valence-electron chi connectivity index (χ2n) is 6.09. The van der Waals surface area contributed by atoms with Crippen LogP contribution < -0.4 is 10.6 Å². The molecule has 2 aromatic carbocycles. The average molecular weight is 360 g/mol. The Morgan fingerprint density at radius 1 is 1.04 bits per heavy atom. The molecule has 0 aliphatic rings. The van der Waals surface area contributed by atoms with Crippen LogP contribution in [0.2, 0.25) is 0 Å². The number of amides is 3. The first kappa shape index (κ1) is 19.6. The minimum atomic E-state index is -1.12. The van der Waals surface area contributed by atoms with Crippen molar-refractivity contribution in [3.8, 4) is 0 Å². The Labute approximate surface area is 151 Å². The van der Waals surface area contributed by atoms with Gasteiger partial charge in [0.25, 0.3) is 5.91 Å². The zero-order valence-corrected chi connectivity index (χ0v) is 14.8. The molecule has 2 N–H and O–H groups in total. The van der Waals surface area contributed by atoms with E-state index in [9.17, 15) is 18.4 Å². The van der Waals surface area contributed by atoms with E-state index in [4.69, 9.17) is 0 Å². The Morgan fingerprint density at radius 2 is 1.65 bits per heavy atom. The topological polar surface area (TPSA) is 58.2 Å². The number of unbranched alkanes of at least 4 members (excludes halogenated alkanes) is 1. The standard InChI is InChI=1S/C20H22F2N2O2/c1-3-4-6-14-9-11-15(12-10-14)13(2)23-20(26)24-19(25)18-16(21)7-5-8-17(18)22/h5,7-13H,3-4,6H2,1-2H3,(H2,23,24,25,26). The van der Waals surface area contributed by atoms with Crippen LogP contribution in [0.15, 0.2) is 42.5 Å². The maximum absolute atomic E-state index is 13.6. The van der Waals surface area contributed by atoms with Crippen molar-refractivity contribution in [3.63, 3.8) is 0 Å². The summed E-state index contributed by atoms with van der Waals surface area (Å²) in [5.41, 5.74) is 1.30. The molecule has 1 atom stereocenters. The fourth-order valence-electron chi connectivity index (χ4n) is 2.55. The Kier molecular flexibility index (Phi) is 6.83. The number of carbonyl (C=O) groups is 2. The van der Waals surface area contributed by atoms with Gasteiger partial charge in [0.15, 0.2) is 0 Å². The van der Waals surface area contributed by atoms with Crippen molar-refractivity contribution >= 4 is 11.9 Å². The zero-order valence-electron chi connectivity index (χ0n) is 14.8. The van der Waals surface area contributed by atoms with E-state index in [1.54, 1.807) is 6.92 Å². The first-order valence-corrected chi connectivity index (χ1v) is 8.57. The molecule has 0 aliphatic heterocycles. The molecule has 26 heavy (non-hydrogen) atoms. The van der Waals surface area contributed by atoms with Gasteiger partial charge in [-0.05, 0) is 43.0 Å². The summed E-state index contributed by atoms with van der Waals surface area (Å²) in [6.07, 6.45) is 3.24. The van der Waals surface area contributed by atoms with Crippen molar-refractivity contribution in [2.24, 2.45) is 0 Å². The van der Waals surface area contributed by atoms with Crippen molar-refractivity contribution in [1.82, 2.24) is 10.6 Å². The number of rotatable bonds is 6. The Hall–Kier alpha value is -2.76. The minimum absolute atomic E-state index is 0.367. The smallest absolute Gasteiger partial charge is 0.322 e. The number of urea groups is 1. The molecule has 0 saturated heterocycles. The molecule has 2 rings (SSSR count). The summed E-state index contributed by atoms with van der Waals surface area (Å²) in [6.45, 7) is 3.89. The molecule has 6 heteroatoms. The number of aryl methyl sites for hydroxylation is 1. The summed E-state index contributed by atoms with van der Waals surface area (Å²) in [6, 6.07) is 9.70. The van der Waals surface area contributed by atoms with Gasteiger partial charge in [-0.3, -0.25) is 10.1 Å². The quantitative estimate of drug-likeness (QED) is 0.796. The third-order valence-corrected chi connectivity index (χ3v) is 4.06. The highest BCUT2D eigenvalue weighted by Crippen LogP contribution is 2.15. The van der Waals surface area contributed by atoms with Gasteiger partial charge in [-0.25, -0.2) is 13.6 Å². The zero-order chi connectivity index (χ0) is 19.1. The van der Waals surface area contributed by atoms with Gasteiger partial charge in [-0.1, -0.05) is 43.7 Å². The molecule has 2 aromatic rings. The van der Waals surface area contributed by atoms with Crippen LogP contribution in [-0.2, 0) is 6.42 Å². The number of hydrogen-bond acceptors (Lipinski definition) is 2. The van der Waals surface area contributed by atoms with Gasteiger partial charge in [-0.2, -0.15) is 0 Å². The summed E-state index contributed by atoms with van der Waals surface area (Å²) in [5, 5.41) is 4.53. The van der Waals surface area contributed by atoms with Crippen LogP contribution in [0.4, 0.5) is 13.6 Å². The fourth-order valence-corrected chi connectivity index (χ4v) is 2.55. The van der Waals surface area contributed by atoms with Crippen LogP contribution in [0.5, 0.6) is 0 Å². The fraction of sp³-hybridized carbons (Fsp3) is 0.300. The third-order valence-electron chi connectivity index (χ3n) is 4.06. The summed E-state index contributed by atoms with van der Waals surface area (Å²) >= 11 is 0. The SMILES string of the molecule is CCCCc1ccc(C(C)NC(=O)NC(=O)c2c(F)cccc2F)cc1. The lowest BCUT2D eigenvalue weighted by molar-refractivity contribution is 0.0955. The third kappa shape index (κ3) is 5.12. The van der Waals surface area contributed by atoms with E-state index >= 15 is 0 Å². The van der Waals surface area contributed by atoms with Crippen LogP contribution in [-0.4, -0.2) is 11.9 Å². The molecule has 0 aliphatic carbocycles. The van der Waals surface area contributed by atoms with Crippen LogP contribution in [0.1, 0.15) is 54.2 Å². The first-order valence-electron chi connectivity index (χ1n) is 8.57. The summed E-state index contributed by atoms with van der Waals surface area (Å²) in [4.78, 5) is 23.9. The molecule has 3 amide bonds. The van der Waals surface area contributed by atoms with E-state index in [2.05, 4.69) is 12.2 Å². The highest BCUT2D eigenvalue weighted by molar-refractivity contribution is 6.04. The van der Waals surface area contributed by atoms with Gasteiger partial charge in [-0.15, -0.1) is 0 Å². The van der Waals surface area contributed by atoms with Crippen molar-refractivity contribution in [2.75, 3.05) is 0 Å². The van der Waals surface area contributed by atoms with Crippen LogP contribution in [0, 0.1) is 11.6 Å². The lowest BCUT2D eigenvalue weighted by atomic mass is 10.0. The molecule has 0 bridgehead atoms. The van der Waals surface area contributed by atoms with E-state index in [0.29, 0.717) is 0 Å². The monoisotopic (exact) mass is 360 g/mol. The molecule has 0 aromatic heterocycles. The van der Waals surface area contributed by atoms with Crippen molar-refractivity contribution in [2.45, 2.75) is 39.2 Å². The highest BCUT2D eigenvalue weighted by Gasteiger charge is 2.20. The van der Waals surface area contributed by atoms with E-state index in [1.165, 1.54) is 5.56 Å². The highest BCUT2D eigenvalue weighted by atomic mass is 19.1. The minimum Gasteiger partial charge on any atom is -0.331 e. The van der Waals surface area contributed by atoms with Crippen molar-refractivity contribution < 1.29 is 18.4 Å². The molecular weight excluding hydrogens is 338 g/mol. The predicted molar refractivity (Wildman–Crippen MR) is 95.8 cm³/mol.